The summed E-state index contributed by atoms with van der Waals surface area (Å²) in [6, 6.07) is 11.5. The molecule has 0 bridgehead atoms. The number of hydrogen-bond donors (Lipinski definition) is 1. The Kier molecular flexibility index (Phi) is 6.03. The van der Waals surface area contributed by atoms with Crippen LogP contribution in [0.15, 0.2) is 58.5 Å². The summed E-state index contributed by atoms with van der Waals surface area (Å²) in [5, 5.41) is 14.7. The average Bonchev–Trinajstić information content (AvgIpc) is 3.51. The lowest BCUT2D eigenvalue weighted by Crippen LogP contribution is -2.18. The fourth-order valence-corrected chi connectivity index (χ4v) is 4.60. The molecule has 9 heteroatoms. The molecule has 1 N–H and O–H groups in total. The molecule has 5 aromatic rings. The number of aromatic amines is 1. The van der Waals surface area contributed by atoms with Gasteiger partial charge in [-0.1, -0.05) is 18.2 Å². The molecule has 0 aliphatic carbocycles. The minimum atomic E-state index is -0.231. The van der Waals surface area contributed by atoms with Crippen molar-refractivity contribution in [1.29, 1.82) is 5.26 Å². The van der Waals surface area contributed by atoms with Crippen molar-refractivity contribution in [2.45, 2.75) is 33.7 Å². The van der Waals surface area contributed by atoms with Gasteiger partial charge in [0.1, 0.15) is 17.3 Å². The molecule has 1 aromatic carbocycles. The van der Waals surface area contributed by atoms with Crippen LogP contribution in [-0.4, -0.2) is 23.9 Å². The van der Waals surface area contributed by atoms with Crippen molar-refractivity contribution >= 4 is 10.9 Å². The predicted octanol–water partition coefficient (Wildman–Crippen LogP) is 4.96. The van der Waals surface area contributed by atoms with Gasteiger partial charge in [0.15, 0.2) is 11.4 Å². The summed E-state index contributed by atoms with van der Waals surface area (Å²) in [5.41, 5.74) is 4.50. The maximum atomic E-state index is 13.2. The molecule has 0 amide bonds. The first kappa shape index (κ1) is 24.8. The van der Waals surface area contributed by atoms with E-state index in [1.807, 2.05) is 52.0 Å². The summed E-state index contributed by atoms with van der Waals surface area (Å²) in [6.07, 6.45) is 5.16. The quantitative estimate of drug-likeness (QED) is 0.361. The summed E-state index contributed by atoms with van der Waals surface area (Å²) in [7, 11) is 3.33. The number of aryl methyl sites for hydroxylation is 4. The van der Waals surface area contributed by atoms with Gasteiger partial charge in [-0.3, -0.25) is 14.3 Å². The van der Waals surface area contributed by atoms with Crippen LogP contribution in [0.1, 0.15) is 36.7 Å². The molecule has 192 valence electrons. The molecule has 0 atom stereocenters. The zero-order valence-corrected chi connectivity index (χ0v) is 22.2. The van der Waals surface area contributed by atoms with Crippen LogP contribution in [0.3, 0.4) is 0 Å². The Morgan fingerprint density at radius 3 is 2.34 bits per heavy atom. The van der Waals surface area contributed by atoms with Crippen molar-refractivity contribution in [2.75, 3.05) is 0 Å². The number of nitriles is 1. The lowest BCUT2D eigenvalue weighted by Gasteiger charge is -2.17. The number of pyridine rings is 2. The van der Waals surface area contributed by atoms with Crippen molar-refractivity contribution in [1.82, 2.24) is 23.9 Å². The van der Waals surface area contributed by atoms with Gasteiger partial charge in [0.2, 0.25) is 0 Å². The summed E-state index contributed by atoms with van der Waals surface area (Å²) in [5.74, 6) is 1.19. The highest BCUT2D eigenvalue weighted by molar-refractivity contribution is 5.98. The predicted molar refractivity (Wildman–Crippen MR) is 147 cm³/mol. The van der Waals surface area contributed by atoms with Crippen LogP contribution >= 0.6 is 0 Å². The highest BCUT2D eigenvalue weighted by Gasteiger charge is 2.21. The first-order chi connectivity index (χ1) is 18.1. The van der Waals surface area contributed by atoms with Gasteiger partial charge >= 0.3 is 0 Å². The van der Waals surface area contributed by atoms with Gasteiger partial charge in [-0.15, -0.1) is 0 Å². The minimum absolute atomic E-state index is 0.0637. The molecule has 4 heterocycles. The van der Waals surface area contributed by atoms with Crippen LogP contribution in [0.25, 0.3) is 33.3 Å². The Labute approximate surface area is 219 Å². The Morgan fingerprint density at radius 2 is 1.68 bits per heavy atom. The number of aromatic nitrogens is 5. The topological polar surface area (TPSA) is 111 Å². The number of hydrogen-bond acceptors (Lipinski definition) is 5. The van der Waals surface area contributed by atoms with Crippen LogP contribution in [0, 0.1) is 25.2 Å². The molecule has 4 aromatic heterocycles. The third-order valence-corrected chi connectivity index (χ3v) is 6.72. The monoisotopic (exact) mass is 508 g/mol. The largest absolute Gasteiger partial charge is 0.455 e. The second-order valence-electron chi connectivity index (χ2n) is 9.83. The van der Waals surface area contributed by atoms with Gasteiger partial charge in [-0.05, 0) is 44.9 Å². The first-order valence-electron chi connectivity index (χ1n) is 12.3. The van der Waals surface area contributed by atoms with Crippen molar-refractivity contribution in [3.63, 3.8) is 0 Å². The van der Waals surface area contributed by atoms with Gasteiger partial charge in [0.25, 0.3) is 11.1 Å². The zero-order valence-electron chi connectivity index (χ0n) is 22.2. The van der Waals surface area contributed by atoms with Gasteiger partial charge in [-0.25, -0.2) is 0 Å². The molecule has 9 nitrogen and oxygen atoms in total. The van der Waals surface area contributed by atoms with Crippen LogP contribution in [-0.2, 0) is 14.1 Å². The van der Waals surface area contributed by atoms with E-state index in [1.165, 1.54) is 15.2 Å². The zero-order chi connectivity index (χ0) is 27.3. The molecule has 0 spiro atoms. The maximum absolute atomic E-state index is 13.2. The number of para-hydroxylation sites is 1. The summed E-state index contributed by atoms with van der Waals surface area (Å²) in [4.78, 5) is 29.2. The fraction of sp³-hybridized carbons (Fsp3) is 0.241. The van der Waals surface area contributed by atoms with E-state index in [-0.39, 0.29) is 22.9 Å². The van der Waals surface area contributed by atoms with Crippen molar-refractivity contribution in [2.24, 2.45) is 14.1 Å². The van der Waals surface area contributed by atoms with E-state index in [0.717, 1.165) is 11.1 Å². The van der Waals surface area contributed by atoms with E-state index in [4.69, 9.17) is 4.74 Å². The number of H-pyrrole nitrogens is 1. The minimum Gasteiger partial charge on any atom is -0.455 e. The second kappa shape index (κ2) is 9.23. The third kappa shape index (κ3) is 4.10. The van der Waals surface area contributed by atoms with Crippen molar-refractivity contribution in [3.8, 4) is 40.0 Å². The van der Waals surface area contributed by atoms with E-state index in [9.17, 15) is 14.9 Å². The highest BCUT2D eigenvalue weighted by Crippen LogP contribution is 2.38. The smallest absolute Gasteiger partial charge is 0.274 e. The van der Waals surface area contributed by atoms with Crippen LogP contribution in [0.4, 0.5) is 0 Å². The Bertz CT molecular complexity index is 1860. The molecular weight excluding hydrogens is 480 g/mol. The standard InChI is InChI=1S/C29H28N6O3/c1-16(2)35-14-22(24(12-30)32-35)23-10-20-21(13-34(6)29(37)27(20)31-23)19-11-26(36)33(5)15-25(19)38-28-17(3)8-7-9-18(28)4/h7-11,13-16,31H,1-6H3. The summed E-state index contributed by atoms with van der Waals surface area (Å²) in [6.45, 7) is 7.89. The van der Waals surface area contributed by atoms with E-state index >= 15 is 0 Å². The van der Waals surface area contributed by atoms with Crippen LogP contribution in [0.2, 0.25) is 0 Å². The molecule has 0 unspecified atom stereocenters. The van der Waals surface area contributed by atoms with Gasteiger partial charge < -0.3 is 18.9 Å². The van der Waals surface area contributed by atoms with Gasteiger partial charge in [0.05, 0.1) is 17.5 Å². The number of ether oxygens (including phenoxy) is 1. The van der Waals surface area contributed by atoms with Crippen LogP contribution < -0.4 is 15.9 Å². The van der Waals surface area contributed by atoms with Gasteiger partial charge in [-0.2, -0.15) is 10.4 Å². The van der Waals surface area contributed by atoms with Crippen molar-refractivity contribution < 1.29 is 4.74 Å². The number of nitrogens with one attached hydrogen (secondary N) is 1. The lowest BCUT2D eigenvalue weighted by molar-refractivity contribution is 0.470. The molecule has 5 rings (SSSR count). The summed E-state index contributed by atoms with van der Waals surface area (Å²) < 4.78 is 11.1. The molecule has 0 fully saturated rings. The number of fused-ring (bicyclic) bond motifs is 1. The average molecular weight is 509 g/mol. The van der Waals surface area contributed by atoms with Crippen LogP contribution in [0.5, 0.6) is 11.5 Å². The number of nitrogens with zero attached hydrogens (tertiary/aromatic N) is 5. The molecule has 38 heavy (non-hydrogen) atoms. The molecule has 0 aliphatic rings. The van der Waals surface area contributed by atoms with E-state index in [2.05, 4.69) is 16.2 Å². The van der Waals surface area contributed by atoms with E-state index in [1.54, 1.807) is 37.4 Å². The van der Waals surface area contributed by atoms with Gasteiger partial charge in [0, 0.05) is 55.1 Å². The molecule has 0 radical (unpaired) electrons. The lowest BCUT2D eigenvalue weighted by atomic mass is 10.0. The van der Waals surface area contributed by atoms with E-state index < -0.39 is 0 Å². The Balaban J connectivity index is 1.77. The Morgan fingerprint density at radius 1 is 0.974 bits per heavy atom. The maximum Gasteiger partial charge on any atom is 0.274 e. The SMILES string of the molecule is Cc1cccc(C)c1Oc1cn(C)c(=O)cc1-c1cn(C)c(=O)c2[nH]c(-c3cn(C(C)C)nc3C#N)cc12. The second-order valence-corrected chi connectivity index (χ2v) is 9.83. The molecule has 0 saturated carbocycles. The first-order valence-corrected chi connectivity index (χ1v) is 12.3. The summed E-state index contributed by atoms with van der Waals surface area (Å²) >= 11 is 0. The molecule has 0 aliphatic heterocycles. The highest BCUT2D eigenvalue weighted by atomic mass is 16.5. The van der Waals surface area contributed by atoms with E-state index in [0.29, 0.717) is 44.8 Å². The number of rotatable bonds is 5. The fourth-order valence-electron chi connectivity index (χ4n) is 4.60. The molecular formula is C29H28N6O3. The third-order valence-electron chi connectivity index (χ3n) is 6.72. The molecule has 0 saturated heterocycles. The normalized spacial score (nSPS) is 11.3. The Hall–Kier alpha value is -4.84. The van der Waals surface area contributed by atoms with Crippen molar-refractivity contribution in [3.05, 3.63) is 86.5 Å². The number of benzene rings is 1.